The van der Waals surface area contributed by atoms with Crippen LogP contribution in [0.3, 0.4) is 0 Å². The molecule has 0 saturated heterocycles. The third-order valence-corrected chi connectivity index (χ3v) is 3.71. The molecule has 104 valence electrons. The summed E-state index contributed by atoms with van der Waals surface area (Å²) in [5.41, 5.74) is 1.30. The molecule has 0 aliphatic carbocycles. The van der Waals surface area contributed by atoms with Gasteiger partial charge in [-0.25, -0.2) is 4.68 Å². The Hall–Kier alpha value is -0.860. The van der Waals surface area contributed by atoms with Gasteiger partial charge >= 0.3 is 0 Å². The monoisotopic (exact) mass is 251 g/mol. The van der Waals surface area contributed by atoms with Crippen LogP contribution in [0.5, 0.6) is 0 Å². The molecule has 1 atom stereocenters. The zero-order valence-electron chi connectivity index (χ0n) is 12.4. The van der Waals surface area contributed by atoms with E-state index in [2.05, 4.69) is 35.8 Å². The molecule has 0 aliphatic rings. The van der Waals surface area contributed by atoms with Gasteiger partial charge in [0.25, 0.3) is 0 Å². The Bertz CT molecular complexity index is 306. The van der Waals surface area contributed by atoms with Gasteiger partial charge in [0.15, 0.2) is 0 Å². The van der Waals surface area contributed by atoms with Crippen LogP contribution in [0.1, 0.15) is 71.4 Å². The minimum Gasteiger partial charge on any atom is -0.249 e. The molecule has 0 fully saturated rings. The molecule has 0 bridgehead atoms. The van der Waals surface area contributed by atoms with E-state index in [4.69, 9.17) is 0 Å². The Labute approximate surface area is 112 Å². The Balaban J connectivity index is 2.08. The average Bonchev–Trinajstić information content (AvgIpc) is 2.81. The van der Waals surface area contributed by atoms with Gasteiger partial charge in [0.2, 0.25) is 0 Å². The van der Waals surface area contributed by atoms with Crippen LogP contribution in [0.2, 0.25) is 0 Å². The summed E-state index contributed by atoms with van der Waals surface area (Å²) in [5.74, 6) is 0.903. The van der Waals surface area contributed by atoms with Gasteiger partial charge in [0, 0.05) is 6.54 Å². The Morgan fingerprint density at radius 3 is 2.67 bits per heavy atom. The molecule has 0 spiro atoms. The minimum atomic E-state index is 0.903. The van der Waals surface area contributed by atoms with E-state index in [0.717, 1.165) is 25.3 Å². The molecule has 1 aromatic rings. The van der Waals surface area contributed by atoms with Gasteiger partial charge in [-0.05, 0) is 25.2 Å². The van der Waals surface area contributed by atoms with Gasteiger partial charge in [-0.3, -0.25) is 0 Å². The third kappa shape index (κ3) is 5.65. The van der Waals surface area contributed by atoms with Gasteiger partial charge in [0.1, 0.15) is 0 Å². The smallest absolute Gasteiger partial charge is 0.0725 e. The molecule has 0 N–H and O–H groups in total. The fraction of sp³-hybridized carbons (Fsp3) is 0.867. The highest BCUT2D eigenvalue weighted by Crippen LogP contribution is 2.14. The first kappa shape index (κ1) is 15.2. The van der Waals surface area contributed by atoms with Crippen LogP contribution >= 0.6 is 0 Å². The Morgan fingerprint density at radius 2 is 1.94 bits per heavy atom. The molecule has 0 amide bonds. The van der Waals surface area contributed by atoms with Crippen molar-refractivity contribution in [1.29, 1.82) is 0 Å². The fourth-order valence-electron chi connectivity index (χ4n) is 2.23. The van der Waals surface area contributed by atoms with E-state index in [-0.39, 0.29) is 0 Å². The normalized spacial score (nSPS) is 12.8. The summed E-state index contributed by atoms with van der Waals surface area (Å²) in [4.78, 5) is 0. The highest BCUT2D eigenvalue weighted by atomic mass is 15.4. The highest BCUT2D eigenvalue weighted by Gasteiger charge is 2.03. The molecule has 1 rings (SSSR count). The first-order chi connectivity index (χ1) is 8.77. The molecule has 3 heteroatoms. The first-order valence-electron chi connectivity index (χ1n) is 7.65. The summed E-state index contributed by atoms with van der Waals surface area (Å²) < 4.78 is 2.05. The number of rotatable bonds is 10. The fourth-order valence-corrected chi connectivity index (χ4v) is 2.23. The number of hydrogen-bond acceptors (Lipinski definition) is 2. The summed E-state index contributed by atoms with van der Waals surface area (Å²) in [6, 6.07) is 0. The van der Waals surface area contributed by atoms with E-state index < -0.39 is 0 Å². The van der Waals surface area contributed by atoms with Crippen LogP contribution in [0, 0.1) is 5.92 Å². The van der Waals surface area contributed by atoms with Crippen LogP contribution in [0.15, 0.2) is 6.20 Å². The number of aryl methyl sites for hydroxylation is 2. The van der Waals surface area contributed by atoms with Crippen molar-refractivity contribution in [3.8, 4) is 0 Å². The molecule has 0 aromatic carbocycles. The predicted molar refractivity (Wildman–Crippen MR) is 76.6 cm³/mol. The maximum atomic E-state index is 4.12. The SMILES string of the molecule is CCCn1nncc1CCCCCCC(C)CC. The maximum absolute atomic E-state index is 4.12. The minimum absolute atomic E-state index is 0.903. The maximum Gasteiger partial charge on any atom is 0.0725 e. The molecule has 0 radical (unpaired) electrons. The van der Waals surface area contributed by atoms with Gasteiger partial charge in [-0.1, -0.05) is 58.1 Å². The topological polar surface area (TPSA) is 30.7 Å². The summed E-state index contributed by atoms with van der Waals surface area (Å²) in [7, 11) is 0. The Morgan fingerprint density at radius 1 is 1.17 bits per heavy atom. The van der Waals surface area contributed by atoms with Crippen LogP contribution in [-0.4, -0.2) is 15.0 Å². The highest BCUT2D eigenvalue weighted by molar-refractivity contribution is 4.93. The van der Waals surface area contributed by atoms with Crippen molar-refractivity contribution in [1.82, 2.24) is 15.0 Å². The number of nitrogens with zero attached hydrogens (tertiary/aromatic N) is 3. The van der Waals surface area contributed by atoms with E-state index in [9.17, 15) is 0 Å². The quantitative estimate of drug-likeness (QED) is 0.583. The lowest BCUT2D eigenvalue weighted by molar-refractivity contribution is 0.472. The molecule has 0 saturated carbocycles. The molecule has 1 aromatic heterocycles. The van der Waals surface area contributed by atoms with Crippen molar-refractivity contribution >= 4 is 0 Å². The van der Waals surface area contributed by atoms with Gasteiger partial charge in [-0.15, -0.1) is 5.10 Å². The molecule has 18 heavy (non-hydrogen) atoms. The Kier molecular flexibility index (Phi) is 7.70. The zero-order chi connectivity index (χ0) is 13.2. The lowest BCUT2D eigenvalue weighted by Crippen LogP contribution is -2.04. The van der Waals surface area contributed by atoms with Crippen LogP contribution in [0.4, 0.5) is 0 Å². The van der Waals surface area contributed by atoms with Crippen molar-refractivity contribution in [2.24, 2.45) is 5.92 Å². The predicted octanol–water partition coefficient (Wildman–Crippen LogP) is 4.23. The summed E-state index contributed by atoms with van der Waals surface area (Å²) in [6.07, 6.45) is 12.3. The second-order valence-corrected chi connectivity index (χ2v) is 5.41. The van der Waals surface area contributed by atoms with Crippen molar-refractivity contribution in [3.05, 3.63) is 11.9 Å². The van der Waals surface area contributed by atoms with E-state index in [1.165, 1.54) is 44.2 Å². The van der Waals surface area contributed by atoms with Crippen molar-refractivity contribution < 1.29 is 0 Å². The molecule has 0 aliphatic heterocycles. The van der Waals surface area contributed by atoms with Crippen LogP contribution in [0.25, 0.3) is 0 Å². The second kappa shape index (κ2) is 9.12. The van der Waals surface area contributed by atoms with Crippen molar-refractivity contribution in [2.75, 3.05) is 0 Å². The third-order valence-electron chi connectivity index (χ3n) is 3.71. The second-order valence-electron chi connectivity index (χ2n) is 5.41. The largest absolute Gasteiger partial charge is 0.249 e. The van der Waals surface area contributed by atoms with E-state index in [1.54, 1.807) is 0 Å². The molecule has 3 nitrogen and oxygen atoms in total. The van der Waals surface area contributed by atoms with E-state index in [0.29, 0.717) is 0 Å². The molecular formula is C15H29N3. The molecule has 1 unspecified atom stereocenters. The number of aromatic nitrogens is 3. The molecular weight excluding hydrogens is 222 g/mol. The van der Waals surface area contributed by atoms with Crippen molar-refractivity contribution in [3.63, 3.8) is 0 Å². The summed E-state index contributed by atoms with van der Waals surface area (Å²) in [5, 5.41) is 8.12. The van der Waals surface area contributed by atoms with Crippen LogP contribution in [-0.2, 0) is 13.0 Å². The van der Waals surface area contributed by atoms with E-state index in [1.807, 2.05) is 6.20 Å². The van der Waals surface area contributed by atoms with Crippen LogP contribution < -0.4 is 0 Å². The van der Waals surface area contributed by atoms with Gasteiger partial charge < -0.3 is 0 Å². The van der Waals surface area contributed by atoms with Gasteiger partial charge in [-0.2, -0.15) is 0 Å². The lowest BCUT2D eigenvalue weighted by atomic mass is 10.00. The average molecular weight is 251 g/mol. The summed E-state index contributed by atoms with van der Waals surface area (Å²) in [6.45, 7) is 7.82. The number of hydrogen-bond donors (Lipinski definition) is 0. The zero-order valence-corrected chi connectivity index (χ0v) is 12.4. The van der Waals surface area contributed by atoms with E-state index >= 15 is 0 Å². The summed E-state index contributed by atoms with van der Waals surface area (Å²) >= 11 is 0. The lowest BCUT2D eigenvalue weighted by Gasteiger charge is -2.07. The standard InChI is InChI=1S/C15H29N3/c1-4-12-18-15(13-16-17-18)11-9-7-6-8-10-14(3)5-2/h13-14H,4-12H2,1-3H3. The number of unbranched alkanes of at least 4 members (excludes halogenated alkanes) is 3. The van der Waals surface area contributed by atoms with Gasteiger partial charge in [0.05, 0.1) is 11.9 Å². The first-order valence-corrected chi connectivity index (χ1v) is 7.65. The molecule has 1 heterocycles. The van der Waals surface area contributed by atoms with Crippen molar-refractivity contribution in [2.45, 2.75) is 78.7 Å².